The molecule has 0 aromatic heterocycles. The lowest BCUT2D eigenvalue weighted by atomic mass is 10.1. The van der Waals surface area contributed by atoms with E-state index in [0.717, 1.165) is 64.5 Å². The van der Waals surface area contributed by atoms with Gasteiger partial charge < -0.3 is 20.4 Å². The molecule has 1 amide bonds. The number of hydrogen-bond acceptors (Lipinski definition) is 3. The van der Waals surface area contributed by atoms with Crippen LogP contribution in [-0.4, -0.2) is 74.5 Å². The van der Waals surface area contributed by atoms with Crippen molar-refractivity contribution in [1.82, 2.24) is 20.4 Å². The molecule has 2 rings (SSSR count). The maximum absolute atomic E-state index is 11.5. The molecule has 6 nitrogen and oxygen atoms in total. The smallest absolute Gasteiger partial charge is 0.222 e. The van der Waals surface area contributed by atoms with Crippen molar-refractivity contribution in [2.24, 2.45) is 10.9 Å². The number of carbonyl (C=O) groups is 1. The summed E-state index contributed by atoms with van der Waals surface area (Å²) in [6.07, 6.45) is 3.97. The second kappa shape index (κ2) is 8.98. The van der Waals surface area contributed by atoms with E-state index in [4.69, 9.17) is 4.99 Å². The van der Waals surface area contributed by atoms with Crippen LogP contribution in [0.3, 0.4) is 0 Å². The molecule has 0 radical (unpaired) electrons. The van der Waals surface area contributed by atoms with Gasteiger partial charge in [-0.15, -0.1) is 0 Å². The average Bonchev–Trinajstić information content (AvgIpc) is 3.09. The highest BCUT2D eigenvalue weighted by molar-refractivity contribution is 5.79. The van der Waals surface area contributed by atoms with Crippen LogP contribution in [0.5, 0.6) is 0 Å². The maximum Gasteiger partial charge on any atom is 0.222 e. The number of aliphatic imine (C=N–C) groups is 1. The van der Waals surface area contributed by atoms with Gasteiger partial charge in [-0.05, 0) is 45.7 Å². The van der Waals surface area contributed by atoms with Gasteiger partial charge in [-0.2, -0.15) is 0 Å². The SMILES string of the molecule is CCNC(=NCC1CCN(C)C1)NCCCN1CCCC1=O. The van der Waals surface area contributed by atoms with Crippen molar-refractivity contribution in [2.75, 3.05) is 52.9 Å². The second-order valence-electron chi connectivity index (χ2n) is 6.40. The summed E-state index contributed by atoms with van der Waals surface area (Å²) in [5.74, 6) is 1.90. The first-order chi connectivity index (χ1) is 10.7. The maximum atomic E-state index is 11.5. The number of likely N-dealkylation sites (tertiary alicyclic amines) is 2. The third kappa shape index (κ3) is 5.48. The molecular weight excluding hydrogens is 278 g/mol. The zero-order valence-electron chi connectivity index (χ0n) is 14.1. The minimum Gasteiger partial charge on any atom is -0.357 e. The van der Waals surface area contributed by atoms with Crippen molar-refractivity contribution < 1.29 is 4.79 Å². The summed E-state index contributed by atoms with van der Waals surface area (Å²) in [4.78, 5) is 20.6. The van der Waals surface area contributed by atoms with Crippen LogP contribution in [-0.2, 0) is 4.79 Å². The zero-order chi connectivity index (χ0) is 15.8. The van der Waals surface area contributed by atoms with Gasteiger partial charge in [0.05, 0.1) is 0 Å². The Kier molecular flexibility index (Phi) is 6.96. The van der Waals surface area contributed by atoms with Crippen LogP contribution in [0.15, 0.2) is 4.99 Å². The molecule has 0 bridgehead atoms. The molecule has 126 valence electrons. The number of guanidine groups is 1. The Morgan fingerprint density at radius 3 is 2.86 bits per heavy atom. The molecule has 0 aromatic carbocycles. The monoisotopic (exact) mass is 309 g/mol. The van der Waals surface area contributed by atoms with E-state index in [1.54, 1.807) is 0 Å². The van der Waals surface area contributed by atoms with Gasteiger partial charge in [-0.1, -0.05) is 0 Å². The van der Waals surface area contributed by atoms with Crippen molar-refractivity contribution in [3.8, 4) is 0 Å². The molecule has 1 atom stereocenters. The lowest BCUT2D eigenvalue weighted by molar-refractivity contribution is -0.127. The molecule has 2 saturated heterocycles. The predicted octanol–water partition coefficient (Wildman–Crippen LogP) is 0.506. The van der Waals surface area contributed by atoms with E-state index in [2.05, 4.69) is 29.5 Å². The van der Waals surface area contributed by atoms with E-state index >= 15 is 0 Å². The molecule has 6 heteroatoms. The number of rotatable bonds is 7. The molecule has 1 unspecified atom stereocenters. The minimum atomic E-state index is 0.311. The predicted molar refractivity (Wildman–Crippen MR) is 90.0 cm³/mol. The molecular formula is C16H31N5O. The fourth-order valence-electron chi connectivity index (χ4n) is 3.15. The first-order valence-electron chi connectivity index (χ1n) is 8.67. The van der Waals surface area contributed by atoms with Crippen molar-refractivity contribution >= 4 is 11.9 Å². The van der Waals surface area contributed by atoms with Gasteiger partial charge >= 0.3 is 0 Å². The standard InChI is InChI=1S/C16H31N5O/c1-3-17-16(19-12-14-7-11-20(2)13-14)18-8-5-10-21-9-4-6-15(21)22/h14H,3-13H2,1-2H3,(H2,17,18,19). The quantitative estimate of drug-likeness (QED) is 0.409. The summed E-state index contributed by atoms with van der Waals surface area (Å²) in [5, 5.41) is 6.68. The first kappa shape index (κ1) is 17.1. The number of amides is 1. The van der Waals surface area contributed by atoms with Crippen LogP contribution in [0.4, 0.5) is 0 Å². The van der Waals surface area contributed by atoms with Crippen molar-refractivity contribution in [3.05, 3.63) is 0 Å². The number of hydrogen-bond donors (Lipinski definition) is 2. The second-order valence-corrected chi connectivity index (χ2v) is 6.40. The Balaban J connectivity index is 1.65. The van der Waals surface area contributed by atoms with Gasteiger partial charge in [-0.25, -0.2) is 0 Å². The van der Waals surface area contributed by atoms with Crippen LogP contribution in [0.25, 0.3) is 0 Å². The number of carbonyl (C=O) groups excluding carboxylic acids is 1. The average molecular weight is 309 g/mol. The normalized spacial score (nSPS) is 23.4. The summed E-state index contributed by atoms with van der Waals surface area (Å²) in [6, 6.07) is 0. The Hall–Kier alpha value is -1.30. The van der Waals surface area contributed by atoms with E-state index < -0.39 is 0 Å². The van der Waals surface area contributed by atoms with Crippen LogP contribution < -0.4 is 10.6 Å². The summed E-state index contributed by atoms with van der Waals surface area (Å²) in [7, 11) is 2.17. The van der Waals surface area contributed by atoms with Gasteiger partial charge in [0.25, 0.3) is 0 Å². The topological polar surface area (TPSA) is 60.0 Å². The summed E-state index contributed by atoms with van der Waals surface area (Å²) in [5.41, 5.74) is 0. The van der Waals surface area contributed by atoms with Crippen LogP contribution in [0.2, 0.25) is 0 Å². The molecule has 0 saturated carbocycles. The van der Waals surface area contributed by atoms with E-state index in [-0.39, 0.29) is 0 Å². The highest BCUT2D eigenvalue weighted by Gasteiger charge is 2.20. The van der Waals surface area contributed by atoms with Crippen molar-refractivity contribution in [3.63, 3.8) is 0 Å². The molecule has 2 aliphatic rings. The van der Waals surface area contributed by atoms with Gasteiger partial charge in [0.2, 0.25) is 5.91 Å². The molecule has 2 heterocycles. The molecule has 2 fully saturated rings. The van der Waals surface area contributed by atoms with Crippen molar-refractivity contribution in [2.45, 2.75) is 32.6 Å². The first-order valence-corrected chi connectivity index (χ1v) is 8.67. The van der Waals surface area contributed by atoms with Crippen molar-refractivity contribution in [1.29, 1.82) is 0 Å². The van der Waals surface area contributed by atoms with Gasteiger partial charge in [0.15, 0.2) is 5.96 Å². The van der Waals surface area contributed by atoms with Crippen LogP contribution in [0.1, 0.15) is 32.6 Å². The van der Waals surface area contributed by atoms with Crippen LogP contribution >= 0.6 is 0 Å². The fraction of sp³-hybridized carbons (Fsp3) is 0.875. The molecule has 0 aromatic rings. The van der Waals surface area contributed by atoms with Crippen LogP contribution in [0, 0.1) is 5.92 Å². The van der Waals surface area contributed by atoms with E-state index in [1.807, 2.05) is 4.90 Å². The van der Waals surface area contributed by atoms with Gasteiger partial charge in [0.1, 0.15) is 0 Å². The van der Waals surface area contributed by atoms with E-state index in [9.17, 15) is 4.79 Å². The molecule has 0 aliphatic carbocycles. The minimum absolute atomic E-state index is 0.311. The molecule has 2 N–H and O–H groups in total. The third-order valence-electron chi connectivity index (χ3n) is 4.41. The Labute approximate surface area is 134 Å². The summed E-state index contributed by atoms with van der Waals surface area (Å²) in [6.45, 7) is 8.85. The van der Waals surface area contributed by atoms with Gasteiger partial charge in [0, 0.05) is 45.7 Å². The Morgan fingerprint density at radius 1 is 1.36 bits per heavy atom. The fourth-order valence-corrected chi connectivity index (χ4v) is 3.15. The third-order valence-corrected chi connectivity index (χ3v) is 4.41. The number of nitrogens with one attached hydrogen (secondary N) is 2. The zero-order valence-corrected chi connectivity index (χ0v) is 14.1. The highest BCUT2D eigenvalue weighted by Crippen LogP contribution is 2.14. The van der Waals surface area contributed by atoms with Gasteiger partial charge in [-0.3, -0.25) is 9.79 Å². The molecule has 2 aliphatic heterocycles. The highest BCUT2D eigenvalue weighted by atomic mass is 16.2. The van der Waals surface area contributed by atoms with E-state index in [1.165, 1.54) is 13.0 Å². The summed E-state index contributed by atoms with van der Waals surface area (Å²) >= 11 is 0. The summed E-state index contributed by atoms with van der Waals surface area (Å²) < 4.78 is 0. The van der Waals surface area contributed by atoms with E-state index in [0.29, 0.717) is 11.8 Å². The Morgan fingerprint density at radius 2 is 2.23 bits per heavy atom. The largest absolute Gasteiger partial charge is 0.357 e. The number of nitrogens with zero attached hydrogens (tertiary/aromatic N) is 3. The molecule has 22 heavy (non-hydrogen) atoms. The lowest BCUT2D eigenvalue weighted by Crippen LogP contribution is -2.39. The Bertz CT molecular complexity index is 385. The molecule has 0 spiro atoms. The lowest BCUT2D eigenvalue weighted by Gasteiger charge is -2.17.